The summed E-state index contributed by atoms with van der Waals surface area (Å²) >= 11 is 0. The van der Waals surface area contributed by atoms with E-state index in [1.807, 2.05) is 6.92 Å². The maximum atomic E-state index is 12.9. The van der Waals surface area contributed by atoms with Crippen LogP contribution in [0.1, 0.15) is 47.3 Å². The van der Waals surface area contributed by atoms with Crippen molar-refractivity contribution < 1.29 is 27.5 Å². The van der Waals surface area contributed by atoms with Crippen LogP contribution >= 0.6 is 0 Å². The maximum Gasteiger partial charge on any atom is 0.422 e. The minimum atomic E-state index is -4.40. The predicted molar refractivity (Wildman–Crippen MR) is 102 cm³/mol. The number of halogens is 3. The molecule has 1 saturated carbocycles. The van der Waals surface area contributed by atoms with E-state index < -0.39 is 12.8 Å². The van der Waals surface area contributed by atoms with Gasteiger partial charge >= 0.3 is 6.18 Å². The third-order valence-electron chi connectivity index (χ3n) is 5.30. The van der Waals surface area contributed by atoms with Gasteiger partial charge in [-0.1, -0.05) is 12.1 Å². The normalized spacial score (nSPS) is 16.9. The zero-order chi connectivity index (χ0) is 21.5. The summed E-state index contributed by atoms with van der Waals surface area (Å²) in [5.41, 5.74) is 1.92. The molecule has 1 aliphatic heterocycles. The van der Waals surface area contributed by atoms with Crippen molar-refractivity contribution in [2.24, 2.45) is 5.92 Å². The smallest absolute Gasteiger partial charge is 0.422 e. The van der Waals surface area contributed by atoms with Crippen molar-refractivity contribution in [1.82, 2.24) is 9.88 Å². The van der Waals surface area contributed by atoms with E-state index in [1.165, 1.54) is 18.3 Å². The van der Waals surface area contributed by atoms with Crippen LogP contribution in [0.3, 0.4) is 0 Å². The first-order chi connectivity index (χ1) is 14.2. The Labute approximate surface area is 171 Å². The molecule has 0 spiro atoms. The summed E-state index contributed by atoms with van der Waals surface area (Å²) in [5.74, 6) is 0.272. The molecular formula is C21H20F3N3O3. The summed E-state index contributed by atoms with van der Waals surface area (Å²) in [4.78, 5) is 30.9. The highest BCUT2D eigenvalue weighted by atomic mass is 19.4. The molecule has 1 atom stereocenters. The van der Waals surface area contributed by atoms with Crippen molar-refractivity contribution >= 4 is 17.6 Å². The number of carbonyl (C=O) groups excluding carboxylic acids is 2. The van der Waals surface area contributed by atoms with Crippen LogP contribution in [-0.4, -0.2) is 34.5 Å². The molecule has 0 bridgehead atoms. The number of aromatic nitrogens is 1. The van der Waals surface area contributed by atoms with Gasteiger partial charge in [0.2, 0.25) is 5.91 Å². The maximum absolute atomic E-state index is 12.9. The van der Waals surface area contributed by atoms with E-state index in [1.54, 1.807) is 23.1 Å². The van der Waals surface area contributed by atoms with Crippen molar-refractivity contribution in [3.63, 3.8) is 0 Å². The number of hydrogen-bond acceptors (Lipinski definition) is 4. The molecule has 9 heteroatoms. The van der Waals surface area contributed by atoms with Crippen LogP contribution in [0.25, 0.3) is 0 Å². The van der Waals surface area contributed by atoms with Gasteiger partial charge in [0.1, 0.15) is 11.6 Å². The van der Waals surface area contributed by atoms with Gasteiger partial charge in [-0.15, -0.1) is 0 Å². The highest BCUT2D eigenvalue weighted by Gasteiger charge is 2.36. The van der Waals surface area contributed by atoms with E-state index in [9.17, 15) is 22.8 Å². The molecular weight excluding hydrogens is 399 g/mol. The van der Waals surface area contributed by atoms with Crippen molar-refractivity contribution in [2.75, 3.05) is 11.9 Å². The van der Waals surface area contributed by atoms with Gasteiger partial charge in [-0.2, -0.15) is 13.2 Å². The van der Waals surface area contributed by atoms with Gasteiger partial charge < -0.3 is 15.0 Å². The van der Waals surface area contributed by atoms with Crippen LogP contribution in [-0.2, 0) is 11.3 Å². The molecule has 0 saturated heterocycles. The van der Waals surface area contributed by atoms with Gasteiger partial charge in [-0.25, -0.2) is 4.98 Å². The van der Waals surface area contributed by atoms with Crippen LogP contribution in [0.15, 0.2) is 36.5 Å². The van der Waals surface area contributed by atoms with Crippen LogP contribution in [0.2, 0.25) is 0 Å². The Morgan fingerprint density at radius 1 is 1.27 bits per heavy atom. The first-order valence-corrected chi connectivity index (χ1v) is 9.62. The molecule has 6 nitrogen and oxygen atoms in total. The van der Waals surface area contributed by atoms with Crippen molar-refractivity contribution in [3.05, 3.63) is 53.2 Å². The lowest BCUT2D eigenvalue weighted by Gasteiger charge is -2.25. The summed E-state index contributed by atoms with van der Waals surface area (Å²) in [5, 5.41) is 2.82. The van der Waals surface area contributed by atoms with Crippen molar-refractivity contribution in [2.45, 2.75) is 38.5 Å². The fourth-order valence-electron chi connectivity index (χ4n) is 3.42. The highest BCUT2D eigenvalue weighted by Crippen LogP contribution is 2.36. The number of alkyl halides is 3. The second-order valence-corrected chi connectivity index (χ2v) is 7.53. The third-order valence-corrected chi connectivity index (χ3v) is 5.30. The fraction of sp³-hybridized carbons (Fsp3) is 0.381. The summed E-state index contributed by atoms with van der Waals surface area (Å²) in [6, 6.07) is 7.49. The lowest BCUT2D eigenvalue weighted by atomic mass is 10.1. The number of pyridine rings is 1. The van der Waals surface area contributed by atoms with E-state index >= 15 is 0 Å². The molecule has 158 valence electrons. The minimum Gasteiger partial charge on any atom is -0.484 e. The van der Waals surface area contributed by atoms with Gasteiger partial charge in [-0.05, 0) is 43.5 Å². The first-order valence-electron chi connectivity index (χ1n) is 9.62. The molecule has 1 aromatic carbocycles. The Kier molecular flexibility index (Phi) is 5.13. The second-order valence-electron chi connectivity index (χ2n) is 7.53. The number of carbonyl (C=O) groups is 2. The van der Waals surface area contributed by atoms with Gasteiger partial charge in [0.05, 0.1) is 12.6 Å². The fourth-order valence-corrected chi connectivity index (χ4v) is 3.42. The number of benzene rings is 1. The monoisotopic (exact) mass is 419 g/mol. The molecule has 0 radical (unpaired) electrons. The number of hydrogen-bond donors (Lipinski definition) is 1. The average molecular weight is 419 g/mol. The van der Waals surface area contributed by atoms with Crippen LogP contribution in [0, 0.1) is 5.92 Å². The highest BCUT2D eigenvalue weighted by molar-refractivity contribution is 6.02. The van der Waals surface area contributed by atoms with E-state index in [-0.39, 0.29) is 36.1 Å². The topological polar surface area (TPSA) is 71.5 Å². The van der Waals surface area contributed by atoms with E-state index in [0.29, 0.717) is 16.9 Å². The largest absolute Gasteiger partial charge is 0.484 e. The lowest BCUT2D eigenvalue weighted by molar-refractivity contribution is -0.153. The van der Waals surface area contributed by atoms with Gasteiger partial charge in [0.15, 0.2) is 6.61 Å². The Balaban J connectivity index is 1.47. The molecule has 1 aliphatic carbocycles. The minimum absolute atomic E-state index is 0.0212. The number of nitrogens with zero attached hydrogens (tertiary/aromatic N) is 2. The molecule has 2 aliphatic rings. The van der Waals surface area contributed by atoms with Crippen LogP contribution in [0.5, 0.6) is 5.75 Å². The van der Waals surface area contributed by atoms with Crippen molar-refractivity contribution in [1.29, 1.82) is 0 Å². The quantitative estimate of drug-likeness (QED) is 0.766. The van der Waals surface area contributed by atoms with Crippen LogP contribution in [0.4, 0.5) is 19.0 Å². The molecule has 2 aromatic rings. The van der Waals surface area contributed by atoms with Gasteiger partial charge in [0, 0.05) is 23.2 Å². The molecule has 1 fully saturated rings. The zero-order valence-electron chi connectivity index (χ0n) is 16.2. The summed E-state index contributed by atoms with van der Waals surface area (Å²) < 4.78 is 41.6. The van der Waals surface area contributed by atoms with E-state index in [4.69, 9.17) is 4.74 Å². The lowest BCUT2D eigenvalue weighted by Crippen LogP contribution is -2.27. The van der Waals surface area contributed by atoms with Gasteiger partial charge in [-0.3, -0.25) is 9.59 Å². The first kappa shape index (κ1) is 20.2. The Morgan fingerprint density at radius 3 is 2.60 bits per heavy atom. The number of anilines is 1. The van der Waals surface area contributed by atoms with Crippen molar-refractivity contribution in [3.8, 4) is 5.75 Å². The van der Waals surface area contributed by atoms with E-state index in [0.717, 1.165) is 18.4 Å². The molecule has 2 amide bonds. The molecule has 1 unspecified atom stereocenters. The molecule has 4 rings (SSSR count). The Morgan fingerprint density at radius 2 is 1.97 bits per heavy atom. The Hall–Kier alpha value is -3.10. The summed E-state index contributed by atoms with van der Waals surface area (Å²) in [6.45, 7) is 0.769. The van der Waals surface area contributed by atoms with Gasteiger partial charge in [0.25, 0.3) is 5.91 Å². The number of rotatable bonds is 6. The standard InChI is InChI=1S/C21H20F3N3O3/c1-12(13-4-6-15(7-5-13)30-11-21(22,23)24)27-10-17-16(20(27)29)8-9-25-18(17)26-19(28)14-2-3-14/h4-9,12,14H,2-3,10-11H2,1H3,(H,25,26,28). The third kappa shape index (κ3) is 4.24. The predicted octanol–water partition coefficient (Wildman–Crippen LogP) is 4.09. The molecule has 30 heavy (non-hydrogen) atoms. The van der Waals surface area contributed by atoms with Crippen LogP contribution < -0.4 is 10.1 Å². The zero-order valence-corrected chi connectivity index (χ0v) is 16.2. The second kappa shape index (κ2) is 7.62. The Bertz CT molecular complexity index is 972. The van der Waals surface area contributed by atoms with E-state index in [2.05, 4.69) is 10.3 Å². The molecule has 2 heterocycles. The molecule has 1 aromatic heterocycles. The summed E-state index contributed by atoms with van der Waals surface area (Å²) in [6.07, 6.45) is -1.17. The average Bonchev–Trinajstić information content (AvgIpc) is 3.50. The number of ether oxygens (including phenoxy) is 1. The number of nitrogens with one attached hydrogen (secondary N) is 1. The number of fused-ring (bicyclic) bond motifs is 1. The molecule has 1 N–H and O–H groups in total. The summed E-state index contributed by atoms with van der Waals surface area (Å²) in [7, 11) is 0. The number of amides is 2. The SMILES string of the molecule is CC(c1ccc(OCC(F)(F)F)cc1)N1Cc2c(ccnc2NC(=O)C2CC2)C1=O.